The summed E-state index contributed by atoms with van der Waals surface area (Å²) >= 11 is 0. The van der Waals surface area contributed by atoms with Gasteiger partial charge in [0.05, 0.1) is 4.92 Å². The van der Waals surface area contributed by atoms with Gasteiger partial charge >= 0.3 is 6.09 Å². The molecule has 4 rings (SSSR count). The number of anilines is 1. The van der Waals surface area contributed by atoms with E-state index in [0.717, 1.165) is 25.2 Å². The molecule has 2 bridgehead atoms. The number of ether oxygens (including phenoxy) is 1. The number of benzene rings is 1. The lowest BCUT2D eigenvalue weighted by Gasteiger charge is -2.46. The monoisotopic (exact) mass is 386 g/mol. The zero-order chi connectivity index (χ0) is 20.3. The van der Waals surface area contributed by atoms with Crippen molar-refractivity contribution in [2.75, 3.05) is 5.32 Å². The predicted molar refractivity (Wildman–Crippen MR) is 107 cm³/mol. The molecule has 3 fully saturated rings. The van der Waals surface area contributed by atoms with E-state index < -0.39 is 16.6 Å². The first-order valence-electron chi connectivity index (χ1n) is 10.3. The molecule has 0 radical (unpaired) electrons. The summed E-state index contributed by atoms with van der Waals surface area (Å²) in [6, 6.07) is 6.16. The lowest BCUT2D eigenvalue weighted by atomic mass is 9.64. The molecule has 1 amide bonds. The van der Waals surface area contributed by atoms with E-state index in [2.05, 4.69) is 33.0 Å². The number of nitro benzene ring substituents is 1. The van der Waals surface area contributed by atoms with Gasteiger partial charge in [0.15, 0.2) is 0 Å². The average molecular weight is 386 g/mol. The van der Waals surface area contributed by atoms with E-state index in [1.807, 2.05) is 0 Å². The highest BCUT2D eigenvalue weighted by atomic mass is 16.6. The lowest BCUT2D eigenvalue weighted by Crippen LogP contribution is -2.48. The summed E-state index contributed by atoms with van der Waals surface area (Å²) in [6.07, 6.45) is 5.02. The van der Waals surface area contributed by atoms with Crippen LogP contribution in [-0.2, 0) is 4.74 Å². The molecular formula is C22H30N2O4. The molecule has 6 heteroatoms. The van der Waals surface area contributed by atoms with Crippen LogP contribution in [0.25, 0.3) is 0 Å². The maximum Gasteiger partial charge on any atom is 0.412 e. The Labute approximate surface area is 166 Å². The van der Waals surface area contributed by atoms with Gasteiger partial charge in [-0.15, -0.1) is 0 Å². The lowest BCUT2D eigenvalue weighted by molar-refractivity contribution is -0.383. The molecule has 1 N–H and O–H groups in total. The standard InChI is InChI=1S/C22H30N2O4/c1-14-9-10-17-20(2,3)18-13-22(14,17)12-11-21(18,4)28-19(25)23-15-7-5-6-8-16(15)24(26)27/h5-8,14,17-18H,9-13H2,1-4H3,(H,23,25). The van der Waals surface area contributed by atoms with Gasteiger partial charge < -0.3 is 4.74 Å². The van der Waals surface area contributed by atoms with Crippen LogP contribution in [0.15, 0.2) is 24.3 Å². The number of amides is 1. The Bertz CT molecular complexity index is 823. The van der Waals surface area contributed by atoms with Crippen LogP contribution in [0.3, 0.4) is 0 Å². The normalized spacial score (nSPS) is 37.9. The Morgan fingerprint density at radius 2 is 1.89 bits per heavy atom. The van der Waals surface area contributed by atoms with Crippen molar-refractivity contribution < 1.29 is 14.5 Å². The highest BCUT2D eigenvalue weighted by molar-refractivity contribution is 5.88. The molecule has 1 spiro atoms. The summed E-state index contributed by atoms with van der Waals surface area (Å²) < 4.78 is 6.01. The number of rotatable bonds is 3. The minimum absolute atomic E-state index is 0.120. The van der Waals surface area contributed by atoms with Crippen LogP contribution >= 0.6 is 0 Å². The first-order valence-corrected chi connectivity index (χ1v) is 10.3. The molecular weight excluding hydrogens is 356 g/mol. The Morgan fingerprint density at radius 3 is 2.61 bits per heavy atom. The van der Waals surface area contributed by atoms with Crippen molar-refractivity contribution in [3.8, 4) is 0 Å². The Hall–Kier alpha value is -2.11. The van der Waals surface area contributed by atoms with Gasteiger partial charge in [-0.05, 0) is 67.8 Å². The molecule has 3 aliphatic rings. The van der Waals surface area contributed by atoms with Gasteiger partial charge in [-0.1, -0.05) is 32.9 Å². The summed E-state index contributed by atoms with van der Waals surface area (Å²) in [5.74, 6) is 1.72. The largest absolute Gasteiger partial charge is 0.443 e. The van der Waals surface area contributed by atoms with Crippen LogP contribution in [0.5, 0.6) is 0 Å². The number of nitro groups is 1. The number of hydrogen-bond acceptors (Lipinski definition) is 4. The van der Waals surface area contributed by atoms with E-state index in [0.29, 0.717) is 17.3 Å². The van der Waals surface area contributed by atoms with Gasteiger partial charge in [0, 0.05) is 12.0 Å². The quantitative estimate of drug-likeness (QED) is 0.528. The molecule has 28 heavy (non-hydrogen) atoms. The van der Waals surface area contributed by atoms with E-state index in [9.17, 15) is 14.9 Å². The highest BCUT2D eigenvalue weighted by Gasteiger charge is 2.68. The number of carbonyl (C=O) groups excluding carboxylic acids is 1. The minimum Gasteiger partial charge on any atom is -0.443 e. The first kappa shape index (κ1) is 19.2. The third-order valence-corrected chi connectivity index (χ3v) is 8.43. The van der Waals surface area contributed by atoms with Gasteiger partial charge in [0.1, 0.15) is 11.3 Å². The second kappa shape index (κ2) is 6.19. The van der Waals surface area contributed by atoms with E-state index in [-0.39, 0.29) is 16.8 Å². The molecule has 3 aliphatic carbocycles. The number of para-hydroxylation sites is 2. The van der Waals surface area contributed by atoms with E-state index in [4.69, 9.17) is 4.74 Å². The topological polar surface area (TPSA) is 81.5 Å². The zero-order valence-electron chi connectivity index (χ0n) is 17.2. The second-order valence-electron chi connectivity index (χ2n) is 9.94. The molecule has 5 unspecified atom stereocenters. The van der Waals surface area contributed by atoms with E-state index in [1.165, 1.54) is 25.0 Å². The molecule has 1 aromatic carbocycles. The van der Waals surface area contributed by atoms with E-state index in [1.54, 1.807) is 12.1 Å². The number of nitrogens with zero attached hydrogens (tertiary/aromatic N) is 1. The summed E-state index contributed by atoms with van der Waals surface area (Å²) in [5, 5.41) is 13.8. The van der Waals surface area contributed by atoms with Crippen molar-refractivity contribution in [1.29, 1.82) is 0 Å². The van der Waals surface area contributed by atoms with Crippen LogP contribution in [0, 0.1) is 38.7 Å². The van der Waals surface area contributed by atoms with Gasteiger partial charge in [-0.3, -0.25) is 15.4 Å². The predicted octanol–water partition coefficient (Wildman–Crippen LogP) is 5.77. The average Bonchev–Trinajstić information content (AvgIpc) is 3.04. The zero-order valence-corrected chi connectivity index (χ0v) is 17.2. The molecule has 6 nitrogen and oxygen atoms in total. The molecule has 5 atom stereocenters. The maximum atomic E-state index is 12.7. The molecule has 0 saturated heterocycles. The van der Waals surface area contributed by atoms with Gasteiger partial charge in [0.2, 0.25) is 0 Å². The molecule has 1 aromatic rings. The van der Waals surface area contributed by atoms with Crippen molar-refractivity contribution in [3.63, 3.8) is 0 Å². The highest BCUT2D eigenvalue weighted by Crippen LogP contribution is 2.73. The summed E-state index contributed by atoms with van der Waals surface area (Å²) in [5.41, 5.74) is 0.00837. The molecule has 0 heterocycles. The Morgan fingerprint density at radius 1 is 1.18 bits per heavy atom. The van der Waals surface area contributed by atoms with Crippen molar-refractivity contribution in [3.05, 3.63) is 34.4 Å². The van der Waals surface area contributed by atoms with Crippen LogP contribution < -0.4 is 5.32 Å². The first-order chi connectivity index (χ1) is 13.1. The second-order valence-corrected chi connectivity index (χ2v) is 9.94. The van der Waals surface area contributed by atoms with Crippen LogP contribution in [0.2, 0.25) is 0 Å². The molecule has 3 saturated carbocycles. The van der Waals surface area contributed by atoms with Crippen LogP contribution in [0.4, 0.5) is 16.2 Å². The Balaban J connectivity index is 1.54. The fraction of sp³-hybridized carbons (Fsp3) is 0.682. The van der Waals surface area contributed by atoms with Gasteiger partial charge in [0.25, 0.3) is 5.69 Å². The fourth-order valence-electron chi connectivity index (χ4n) is 7.07. The Kier molecular flexibility index (Phi) is 4.25. The third-order valence-electron chi connectivity index (χ3n) is 8.43. The number of nitrogens with one attached hydrogen (secondary N) is 1. The molecule has 0 aromatic heterocycles. The van der Waals surface area contributed by atoms with E-state index >= 15 is 0 Å². The van der Waals surface area contributed by atoms with Crippen LogP contribution in [0.1, 0.15) is 59.8 Å². The molecule has 0 aliphatic heterocycles. The third kappa shape index (κ3) is 2.64. The van der Waals surface area contributed by atoms with Gasteiger partial charge in [-0.2, -0.15) is 0 Å². The van der Waals surface area contributed by atoms with Crippen molar-refractivity contribution >= 4 is 17.5 Å². The summed E-state index contributed by atoms with van der Waals surface area (Å²) in [6.45, 7) is 9.13. The van der Waals surface area contributed by atoms with Gasteiger partial charge in [-0.25, -0.2) is 4.79 Å². The smallest absolute Gasteiger partial charge is 0.412 e. The maximum absolute atomic E-state index is 12.7. The number of fused-ring (bicyclic) bond motifs is 1. The van der Waals surface area contributed by atoms with Crippen molar-refractivity contribution in [1.82, 2.24) is 0 Å². The number of hydrogen-bond donors (Lipinski definition) is 1. The molecule has 152 valence electrons. The fourth-order valence-corrected chi connectivity index (χ4v) is 7.07. The van der Waals surface area contributed by atoms with Crippen molar-refractivity contribution in [2.24, 2.45) is 28.6 Å². The number of carbonyl (C=O) groups is 1. The SMILES string of the molecule is CC1CCC2C(C)(C)C3CC12CCC3(C)OC(=O)Nc1ccccc1[N+](=O)[O-]. The summed E-state index contributed by atoms with van der Waals surface area (Å²) in [7, 11) is 0. The summed E-state index contributed by atoms with van der Waals surface area (Å²) in [4.78, 5) is 23.4. The minimum atomic E-state index is -0.603. The van der Waals surface area contributed by atoms with Crippen molar-refractivity contribution in [2.45, 2.75) is 65.4 Å². The van der Waals surface area contributed by atoms with Crippen LogP contribution in [-0.4, -0.2) is 16.6 Å².